The van der Waals surface area contributed by atoms with E-state index in [1.807, 2.05) is 0 Å². The van der Waals surface area contributed by atoms with Gasteiger partial charge in [-0.25, -0.2) is 0 Å². The average molecular weight is 183 g/mol. The molecule has 0 amide bonds. The second-order valence-electron chi connectivity index (χ2n) is 4.25. The smallest absolute Gasteiger partial charge is 0.302 e. The van der Waals surface area contributed by atoms with Crippen LogP contribution in [-0.4, -0.2) is 17.6 Å². The minimum absolute atomic E-state index is 0.0127. The van der Waals surface area contributed by atoms with Gasteiger partial charge < -0.3 is 10.1 Å². The van der Waals surface area contributed by atoms with E-state index in [1.54, 1.807) is 0 Å². The Labute approximate surface area is 79.2 Å². The zero-order chi connectivity index (χ0) is 10.1. The van der Waals surface area contributed by atoms with Crippen molar-refractivity contribution >= 4 is 5.97 Å². The van der Waals surface area contributed by atoms with E-state index in [2.05, 4.69) is 25.7 Å². The number of nitrogens with one attached hydrogen (secondary N) is 1. The van der Waals surface area contributed by atoms with Crippen LogP contribution in [0.25, 0.3) is 0 Å². The summed E-state index contributed by atoms with van der Waals surface area (Å²) in [5, 5.41) is 3.27. The second kappa shape index (κ2) is 3.40. The van der Waals surface area contributed by atoms with Gasteiger partial charge in [0.15, 0.2) is 0 Å². The normalized spacial score (nSPS) is 26.4. The number of rotatable bonds is 1. The summed E-state index contributed by atoms with van der Waals surface area (Å²) in [7, 11) is 0. The van der Waals surface area contributed by atoms with Gasteiger partial charge in [-0.1, -0.05) is 6.58 Å². The minimum Gasteiger partial charge on any atom is -0.462 e. The number of carbonyl (C=O) groups excluding carboxylic acids is 1. The topological polar surface area (TPSA) is 38.3 Å². The first-order valence-electron chi connectivity index (χ1n) is 4.52. The summed E-state index contributed by atoms with van der Waals surface area (Å²) < 4.78 is 5.16. The van der Waals surface area contributed by atoms with Crippen LogP contribution >= 0.6 is 0 Å². The van der Waals surface area contributed by atoms with Gasteiger partial charge in [0, 0.05) is 31.0 Å². The summed E-state index contributed by atoms with van der Waals surface area (Å²) in [4.78, 5) is 10.8. The molecule has 1 fully saturated rings. The first-order valence-corrected chi connectivity index (χ1v) is 4.52. The Morgan fingerprint density at radius 2 is 2.31 bits per heavy atom. The molecule has 74 valence electrons. The minimum atomic E-state index is -0.212. The molecule has 1 aliphatic rings. The number of ether oxygens (including phenoxy) is 1. The number of carbonyl (C=O) groups is 1. The van der Waals surface area contributed by atoms with Crippen molar-refractivity contribution in [2.45, 2.75) is 45.3 Å². The zero-order valence-corrected chi connectivity index (χ0v) is 8.52. The lowest BCUT2D eigenvalue weighted by molar-refractivity contribution is -0.147. The van der Waals surface area contributed by atoms with Crippen LogP contribution in [0.5, 0.6) is 0 Å². The molecule has 1 unspecified atom stereocenters. The summed E-state index contributed by atoms with van der Waals surface area (Å²) in [6.45, 7) is 9.46. The van der Waals surface area contributed by atoms with Crippen molar-refractivity contribution in [1.29, 1.82) is 0 Å². The molecular weight excluding hydrogens is 166 g/mol. The van der Waals surface area contributed by atoms with E-state index >= 15 is 0 Å². The van der Waals surface area contributed by atoms with E-state index in [-0.39, 0.29) is 17.6 Å². The molecule has 1 aliphatic heterocycles. The fourth-order valence-electron chi connectivity index (χ4n) is 1.81. The third-order valence-electron chi connectivity index (χ3n) is 2.06. The third kappa shape index (κ3) is 3.09. The van der Waals surface area contributed by atoms with Crippen LogP contribution in [0.4, 0.5) is 0 Å². The fourth-order valence-corrected chi connectivity index (χ4v) is 1.81. The first-order chi connectivity index (χ1) is 5.89. The highest BCUT2D eigenvalue weighted by Gasteiger charge is 2.30. The molecule has 0 radical (unpaired) electrons. The summed E-state index contributed by atoms with van der Waals surface area (Å²) in [6.07, 6.45) is 1.55. The lowest BCUT2D eigenvalue weighted by atomic mass is 9.89. The van der Waals surface area contributed by atoms with Gasteiger partial charge in [-0.05, 0) is 13.8 Å². The highest BCUT2D eigenvalue weighted by Crippen LogP contribution is 2.25. The zero-order valence-electron chi connectivity index (χ0n) is 8.52. The van der Waals surface area contributed by atoms with Gasteiger partial charge in [0.1, 0.15) is 6.10 Å². The molecule has 13 heavy (non-hydrogen) atoms. The van der Waals surface area contributed by atoms with Crippen molar-refractivity contribution in [2.75, 3.05) is 0 Å². The third-order valence-corrected chi connectivity index (χ3v) is 2.06. The molecule has 1 heterocycles. The predicted molar refractivity (Wildman–Crippen MR) is 51.1 cm³/mol. The van der Waals surface area contributed by atoms with Crippen molar-refractivity contribution in [3.05, 3.63) is 12.3 Å². The monoisotopic (exact) mass is 183 g/mol. The van der Waals surface area contributed by atoms with E-state index in [9.17, 15) is 4.79 Å². The van der Waals surface area contributed by atoms with Crippen LogP contribution < -0.4 is 5.32 Å². The Hall–Kier alpha value is -0.990. The van der Waals surface area contributed by atoms with Gasteiger partial charge in [-0.15, -0.1) is 0 Å². The number of esters is 1. The SMILES string of the molecule is C=C1CC(OC(C)=O)CC(C)(C)N1. The van der Waals surface area contributed by atoms with Crippen LogP contribution in [0.2, 0.25) is 0 Å². The van der Waals surface area contributed by atoms with Crippen LogP contribution in [-0.2, 0) is 9.53 Å². The molecule has 3 heteroatoms. The number of hydrogen-bond acceptors (Lipinski definition) is 3. The van der Waals surface area contributed by atoms with Crippen LogP contribution in [0.3, 0.4) is 0 Å². The maximum absolute atomic E-state index is 10.8. The van der Waals surface area contributed by atoms with Crippen LogP contribution in [0, 0.1) is 0 Å². The summed E-state index contributed by atoms with van der Waals surface area (Å²) in [6, 6.07) is 0. The standard InChI is InChI=1S/C10H17NO2/c1-7-5-9(13-8(2)12)6-10(3,4)11-7/h9,11H,1,5-6H2,2-4H3. The van der Waals surface area contributed by atoms with Gasteiger partial charge in [0.05, 0.1) is 0 Å². The van der Waals surface area contributed by atoms with Crippen molar-refractivity contribution < 1.29 is 9.53 Å². The molecule has 0 aromatic carbocycles. The van der Waals surface area contributed by atoms with Crippen molar-refractivity contribution in [3.63, 3.8) is 0 Å². The molecular formula is C10H17NO2. The summed E-state index contributed by atoms with van der Waals surface area (Å²) in [5.74, 6) is -0.212. The lowest BCUT2D eigenvalue weighted by Gasteiger charge is -2.37. The van der Waals surface area contributed by atoms with Crippen LogP contribution in [0.15, 0.2) is 12.3 Å². The average Bonchev–Trinajstić information content (AvgIpc) is 1.78. The number of piperidine rings is 1. The highest BCUT2D eigenvalue weighted by molar-refractivity contribution is 5.66. The van der Waals surface area contributed by atoms with E-state index < -0.39 is 0 Å². The molecule has 0 saturated carbocycles. The largest absolute Gasteiger partial charge is 0.462 e. The van der Waals surface area contributed by atoms with Crippen molar-refractivity contribution in [2.24, 2.45) is 0 Å². The molecule has 1 saturated heterocycles. The predicted octanol–water partition coefficient (Wildman–Crippen LogP) is 1.59. The summed E-state index contributed by atoms with van der Waals surface area (Å²) >= 11 is 0. The molecule has 1 rings (SSSR count). The van der Waals surface area contributed by atoms with E-state index in [0.29, 0.717) is 0 Å². The highest BCUT2D eigenvalue weighted by atomic mass is 16.5. The Kier molecular flexibility index (Phi) is 2.64. The van der Waals surface area contributed by atoms with Crippen molar-refractivity contribution in [3.8, 4) is 0 Å². The first kappa shape index (κ1) is 10.1. The molecule has 1 N–H and O–H groups in total. The molecule has 0 spiro atoms. The molecule has 0 aliphatic carbocycles. The van der Waals surface area contributed by atoms with Gasteiger partial charge in [0.2, 0.25) is 0 Å². The van der Waals surface area contributed by atoms with Gasteiger partial charge in [-0.3, -0.25) is 4.79 Å². The Bertz CT molecular complexity index is 231. The van der Waals surface area contributed by atoms with Gasteiger partial charge >= 0.3 is 5.97 Å². The molecule has 0 aromatic heterocycles. The maximum atomic E-state index is 10.8. The van der Waals surface area contributed by atoms with Gasteiger partial charge in [0.25, 0.3) is 0 Å². The van der Waals surface area contributed by atoms with E-state index in [4.69, 9.17) is 4.74 Å². The summed E-state index contributed by atoms with van der Waals surface area (Å²) in [5.41, 5.74) is 0.928. The van der Waals surface area contributed by atoms with Crippen LogP contribution in [0.1, 0.15) is 33.6 Å². The number of hydrogen-bond donors (Lipinski definition) is 1. The van der Waals surface area contributed by atoms with E-state index in [0.717, 1.165) is 18.5 Å². The Balaban J connectivity index is 2.57. The Morgan fingerprint density at radius 3 is 2.77 bits per heavy atom. The fraction of sp³-hybridized carbons (Fsp3) is 0.700. The Morgan fingerprint density at radius 1 is 1.69 bits per heavy atom. The molecule has 3 nitrogen and oxygen atoms in total. The quantitative estimate of drug-likeness (QED) is 0.627. The van der Waals surface area contributed by atoms with Gasteiger partial charge in [-0.2, -0.15) is 0 Å². The molecule has 0 aromatic rings. The maximum Gasteiger partial charge on any atom is 0.302 e. The molecule has 1 atom stereocenters. The second-order valence-corrected chi connectivity index (χ2v) is 4.25. The van der Waals surface area contributed by atoms with Crippen molar-refractivity contribution in [1.82, 2.24) is 5.32 Å². The van der Waals surface area contributed by atoms with E-state index in [1.165, 1.54) is 6.92 Å². The molecule has 0 bridgehead atoms. The lowest BCUT2D eigenvalue weighted by Crippen LogP contribution is -2.47.